The fraction of sp³-hybridized carbons (Fsp3) is 0.700. The molecule has 2 amide bonds. The summed E-state index contributed by atoms with van der Waals surface area (Å²) in [5.74, 6) is 1.78. The molecule has 0 saturated heterocycles. The monoisotopic (exact) mass is 240 g/mol. The summed E-state index contributed by atoms with van der Waals surface area (Å²) in [6.07, 6.45) is 0. The molecule has 1 aromatic heterocycles. The molecule has 0 radical (unpaired) electrons. The molecule has 1 heterocycles. The van der Waals surface area contributed by atoms with Crippen LogP contribution in [0.4, 0.5) is 4.79 Å². The Kier molecular flexibility index (Phi) is 4.89. The zero-order valence-corrected chi connectivity index (χ0v) is 10.8. The second-order valence-electron chi connectivity index (χ2n) is 4.03. The Balaban J connectivity index is 2.17. The molecule has 0 bridgehead atoms. The van der Waals surface area contributed by atoms with E-state index in [2.05, 4.69) is 20.8 Å². The summed E-state index contributed by atoms with van der Waals surface area (Å²) >= 11 is 0. The second-order valence-corrected chi connectivity index (χ2v) is 4.03. The lowest BCUT2D eigenvalue weighted by Gasteiger charge is -2.12. The molecular formula is C10H20N6O. The fourth-order valence-electron chi connectivity index (χ4n) is 1.22. The first-order chi connectivity index (χ1) is 8.02. The van der Waals surface area contributed by atoms with Gasteiger partial charge in [-0.3, -0.25) is 0 Å². The highest BCUT2D eigenvalue weighted by Crippen LogP contribution is 1.95. The molecule has 7 nitrogen and oxygen atoms in total. The van der Waals surface area contributed by atoms with Gasteiger partial charge in [0.2, 0.25) is 0 Å². The molecule has 0 aliphatic heterocycles. The number of urea groups is 1. The molecule has 2 N–H and O–H groups in total. The van der Waals surface area contributed by atoms with Crippen LogP contribution in [0.2, 0.25) is 0 Å². The molecular weight excluding hydrogens is 220 g/mol. The Hall–Kier alpha value is -1.63. The highest BCUT2D eigenvalue weighted by molar-refractivity contribution is 5.73. The predicted octanol–water partition coefficient (Wildman–Crippen LogP) is -0.516. The lowest BCUT2D eigenvalue weighted by Crippen LogP contribution is -2.38. The van der Waals surface area contributed by atoms with Crippen LogP contribution < -0.4 is 10.6 Å². The molecule has 0 fully saturated rings. The van der Waals surface area contributed by atoms with Crippen molar-refractivity contribution in [1.82, 2.24) is 30.3 Å². The van der Waals surface area contributed by atoms with Crippen LogP contribution in [0.15, 0.2) is 0 Å². The zero-order chi connectivity index (χ0) is 12.8. The van der Waals surface area contributed by atoms with E-state index in [0.29, 0.717) is 19.6 Å². The normalized spacial score (nSPS) is 10.4. The number of carbonyl (C=O) groups excluding carboxylic acids is 1. The van der Waals surface area contributed by atoms with Crippen molar-refractivity contribution in [1.29, 1.82) is 0 Å². The van der Waals surface area contributed by atoms with Gasteiger partial charge >= 0.3 is 6.03 Å². The van der Waals surface area contributed by atoms with Crippen molar-refractivity contribution in [2.75, 3.05) is 27.2 Å². The molecule has 0 spiro atoms. The van der Waals surface area contributed by atoms with Gasteiger partial charge < -0.3 is 20.1 Å². The highest BCUT2D eigenvalue weighted by Gasteiger charge is 2.04. The molecule has 0 saturated carbocycles. The minimum atomic E-state index is -0.0821. The Labute approximate surface area is 101 Å². The van der Waals surface area contributed by atoms with Gasteiger partial charge in [0.15, 0.2) is 0 Å². The van der Waals surface area contributed by atoms with Crippen LogP contribution >= 0.6 is 0 Å². The zero-order valence-electron chi connectivity index (χ0n) is 10.8. The number of aromatic nitrogens is 3. The lowest BCUT2D eigenvalue weighted by molar-refractivity contribution is 0.217. The maximum absolute atomic E-state index is 11.2. The number of rotatable bonds is 5. The Morgan fingerprint density at radius 3 is 2.59 bits per heavy atom. The predicted molar refractivity (Wildman–Crippen MR) is 64.5 cm³/mol. The van der Waals surface area contributed by atoms with Crippen LogP contribution in [-0.4, -0.2) is 52.9 Å². The maximum atomic E-state index is 11.2. The van der Waals surface area contributed by atoms with Crippen LogP contribution in [0.1, 0.15) is 11.6 Å². The van der Waals surface area contributed by atoms with E-state index in [9.17, 15) is 4.79 Å². The van der Waals surface area contributed by atoms with E-state index in [-0.39, 0.29) is 6.03 Å². The molecule has 0 aromatic carbocycles. The van der Waals surface area contributed by atoms with Crippen LogP contribution in [0.3, 0.4) is 0 Å². The number of hydrogen-bond acceptors (Lipinski definition) is 4. The molecule has 0 aliphatic carbocycles. The van der Waals surface area contributed by atoms with Gasteiger partial charge in [0.25, 0.3) is 0 Å². The van der Waals surface area contributed by atoms with E-state index in [1.807, 2.05) is 18.5 Å². The molecule has 0 aliphatic rings. The van der Waals surface area contributed by atoms with Gasteiger partial charge in [-0.2, -0.15) is 0 Å². The van der Waals surface area contributed by atoms with Crippen molar-refractivity contribution in [3.05, 3.63) is 11.6 Å². The molecule has 96 valence electrons. The Morgan fingerprint density at radius 1 is 1.35 bits per heavy atom. The summed E-state index contributed by atoms with van der Waals surface area (Å²) in [7, 11) is 5.36. The number of hydrogen-bond donors (Lipinski definition) is 2. The molecule has 7 heteroatoms. The first-order valence-corrected chi connectivity index (χ1v) is 5.53. The maximum Gasteiger partial charge on any atom is 0.316 e. The van der Waals surface area contributed by atoms with Gasteiger partial charge in [0.05, 0.1) is 6.54 Å². The van der Waals surface area contributed by atoms with Crippen LogP contribution in [0, 0.1) is 6.92 Å². The van der Waals surface area contributed by atoms with Gasteiger partial charge in [-0.1, -0.05) is 0 Å². The van der Waals surface area contributed by atoms with E-state index < -0.39 is 0 Å². The molecule has 0 unspecified atom stereocenters. The number of aryl methyl sites for hydroxylation is 1. The van der Waals surface area contributed by atoms with Crippen molar-refractivity contribution in [2.24, 2.45) is 7.05 Å². The van der Waals surface area contributed by atoms with Crippen molar-refractivity contribution >= 4 is 6.03 Å². The standard InChI is InChI=1S/C10H20N6O/c1-8-13-14-9(16(8)4)7-11-5-6-12-10(17)15(2)3/h11H,5-7H2,1-4H3,(H,12,17). The molecule has 1 rings (SSSR count). The molecule has 1 aromatic rings. The third-order valence-corrected chi connectivity index (χ3v) is 2.45. The first-order valence-electron chi connectivity index (χ1n) is 5.53. The van der Waals surface area contributed by atoms with Gasteiger partial charge in [-0.15, -0.1) is 10.2 Å². The van der Waals surface area contributed by atoms with Crippen LogP contribution in [-0.2, 0) is 13.6 Å². The van der Waals surface area contributed by atoms with E-state index in [4.69, 9.17) is 0 Å². The van der Waals surface area contributed by atoms with Gasteiger partial charge in [0.1, 0.15) is 11.6 Å². The minimum Gasteiger partial charge on any atom is -0.337 e. The van der Waals surface area contributed by atoms with Crippen molar-refractivity contribution in [3.63, 3.8) is 0 Å². The van der Waals surface area contributed by atoms with Gasteiger partial charge in [0, 0.05) is 34.2 Å². The average Bonchev–Trinajstić information content (AvgIpc) is 2.59. The van der Waals surface area contributed by atoms with E-state index in [1.165, 1.54) is 4.90 Å². The van der Waals surface area contributed by atoms with Crippen LogP contribution in [0.25, 0.3) is 0 Å². The summed E-state index contributed by atoms with van der Waals surface area (Å²) in [6.45, 7) is 3.85. The lowest BCUT2D eigenvalue weighted by atomic mass is 10.5. The molecule has 17 heavy (non-hydrogen) atoms. The summed E-state index contributed by atoms with van der Waals surface area (Å²) in [5.41, 5.74) is 0. The number of nitrogens with zero attached hydrogens (tertiary/aromatic N) is 4. The van der Waals surface area contributed by atoms with E-state index >= 15 is 0 Å². The van der Waals surface area contributed by atoms with Crippen molar-refractivity contribution in [2.45, 2.75) is 13.5 Å². The summed E-state index contributed by atoms with van der Waals surface area (Å²) in [6, 6.07) is -0.0821. The Morgan fingerprint density at radius 2 is 2.06 bits per heavy atom. The summed E-state index contributed by atoms with van der Waals surface area (Å²) in [5, 5.41) is 14.0. The largest absolute Gasteiger partial charge is 0.337 e. The first kappa shape index (κ1) is 13.4. The number of carbonyl (C=O) groups is 1. The number of amides is 2. The molecule has 0 atom stereocenters. The van der Waals surface area contributed by atoms with Gasteiger partial charge in [-0.05, 0) is 6.92 Å². The quantitative estimate of drug-likeness (QED) is 0.679. The van der Waals surface area contributed by atoms with Crippen molar-refractivity contribution in [3.8, 4) is 0 Å². The Bertz CT molecular complexity index is 373. The van der Waals surface area contributed by atoms with E-state index in [0.717, 1.165) is 11.6 Å². The third-order valence-electron chi connectivity index (χ3n) is 2.45. The van der Waals surface area contributed by atoms with Gasteiger partial charge in [-0.25, -0.2) is 4.79 Å². The second kappa shape index (κ2) is 6.19. The highest BCUT2D eigenvalue weighted by atomic mass is 16.2. The van der Waals surface area contributed by atoms with Crippen molar-refractivity contribution < 1.29 is 4.79 Å². The van der Waals surface area contributed by atoms with Crippen LogP contribution in [0.5, 0.6) is 0 Å². The minimum absolute atomic E-state index is 0.0821. The third kappa shape index (κ3) is 4.03. The summed E-state index contributed by atoms with van der Waals surface area (Å²) < 4.78 is 1.94. The fourth-order valence-corrected chi connectivity index (χ4v) is 1.22. The SMILES string of the molecule is Cc1nnc(CNCCNC(=O)N(C)C)n1C. The smallest absolute Gasteiger partial charge is 0.316 e. The topological polar surface area (TPSA) is 75.1 Å². The van der Waals surface area contributed by atoms with E-state index in [1.54, 1.807) is 14.1 Å². The number of nitrogens with one attached hydrogen (secondary N) is 2. The average molecular weight is 240 g/mol. The summed E-state index contributed by atoms with van der Waals surface area (Å²) in [4.78, 5) is 12.7.